The monoisotopic (exact) mass is 294 g/mol. The van der Waals surface area contributed by atoms with Crippen LogP contribution in [0.15, 0.2) is 11.6 Å². The van der Waals surface area contributed by atoms with Gasteiger partial charge in [-0.15, -0.1) is 11.3 Å². The average Bonchev–Trinajstić information content (AvgIpc) is 3.03. The van der Waals surface area contributed by atoms with E-state index >= 15 is 0 Å². The Kier molecular flexibility index (Phi) is 5.04. The third-order valence-electron chi connectivity index (χ3n) is 4.74. The fourth-order valence-corrected chi connectivity index (χ4v) is 4.09. The van der Waals surface area contributed by atoms with Gasteiger partial charge in [0.05, 0.1) is 6.04 Å². The second-order valence-electron chi connectivity index (χ2n) is 6.08. The van der Waals surface area contributed by atoms with Crippen LogP contribution in [0, 0.1) is 5.92 Å². The van der Waals surface area contributed by atoms with Crippen LogP contribution in [0.3, 0.4) is 0 Å². The minimum atomic E-state index is 0.482. The Morgan fingerprint density at radius 2 is 2.05 bits per heavy atom. The van der Waals surface area contributed by atoms with Crippen molar-refractivity contribution in [3.63, 3.8) is 0 Å². The first-order valence-electron chi connectivity index (χ1n) is 7.89. The molecule has 20 heavy (non-hydrogen) atoms. The lowest BCUT2D eigenvalue weighted by atomic mass is 9.97. The molecule has 5 heteroatoms. The number of hydrogen-bond donors (Lipinski definition) is 1. The van der Waals surface area contributed by atoms with Gasteiger partial charge >= 0.3 is 0 Å². The van der Waals surface area contributed by atoms with Gasteiger partial charge in [0.1, 0.15) is 5.01 Å². The fraction of sp³-hybridized carbons (Fsp3) is 0.800. The molecule has 0 aromatic carbocycles. The molecule has 3 heterocycles. The number of thiazole rings is 1. The molecule has 112 valence electrons. The minimum absolute atomic E-state index is 0.482. The van der Waals surface area contributed by atoms with E-state index in [1.165, 1.54) is 63.7 Å². The standard InChI is InChI=1S/C15H26N4S/c1-13(15-17-6-11-20-15)19-9-7-18(8-10-19)12-14-2-4-16-5-3-14/h6,11,13-14,16H,2-5,7-10,12H2,1H3. The van der Waals surface area contributed by atoms with Gasteiger partial charge in [0.2, 0.25) is 0 Å². The van der Waals surface area contributed by atoms with Gasteiger partial charge in [-0.1, -0.05) is 0 Å². The van der Waals surface area contributed by atoms with Gasteiger partial charge in [-0.3, -0.25) is 4.90 Å². The van der Waals surface area contributed by atoms with Crippen molar-refractivity contribution in [2.45, 2.75) is 25.8 Å². The summed E-state index contributed by atoms with van der Waals surface area (Å²) in [7, 11) is 0. The molecule has 0 radical (unpaired) electrons. The molecule has 2 fully saturated rings. The quantitative estimate of drug-likeness (QED) is 0.918. The number of hydrogen-bond acceptors (Lipinski definition) is 5. The van der Waals surface area contributed by atoms with E-state index in [9.17, 15) is 0 Å². The highest BCUT2D eigenvalue weighted by Crippen LogP contribution is 2.23. The topological polar surface area (TPSA) is 31.4 Å². The number of nitrogens with one attached hydrogen (secondary N) is 1. The molecular weight excluding hydrogens is 268 g/mol. The maximum absolute atomic E-state index is 4.46. The van der Waals surface area contributed by atoms with Crippen LogP contribution in [0.4, 0.5) is 0 Å². The Bertz CT molecular complexity index is 381. The average molecular weight is 294 g/mol. The molecule has 0 aliphatic carbocycles. The van der Waals surface area contributed by atoms with Gasteiger partial charge < -0.3 is 10.2 Å². The maximum Gasteiger partial charge on any atom is 0.109 e. The second-order valence-corrected chi connectivity index (χ2v) is 7.00. The number of nitrogens with zero attached hydrogens (tertiary/aromatic N) is 3. The first-order chi connectivity index (χ1) is 9.83. The molecule has 1 atom stereocenters. The summed E-state index contributed by atoms with van der Waals surface area (Å²) in [5, 5.41) is 6.80. The van der Waals surface area contributed by atoms with Gasteiger partial charge in [0, 0.05) is 44.3 Å². The molecular formula is C15H26N4S. The normalized spacial score (nSPS) is 24.9. The molecule has 1 N–H and O–H groups in total. The summed E-state index contributed by atoms with van der Waals surface area (Å²) >= 11 is 1.78. The summed E-state index contributed by atoms with van der Waals surface area (Å²) in [6, 6.07) is 0.482. The van der Waals surface area contributed by atoms with Crippen LogP contribution in [0.2, 0.25) is 0 Å². The molecule has 0 bridgehead atoms. The van der Waals surface area contributed by atoms with E-state index in [0.29, 0.717) is 6.04 Å². The lowest BCUT2D eigenvalue weighted by molar-refractivity contribution is 0.0868. The van der Waals surface area contributed by atoms with Crippen LogP contribution in [0.1, 0.15) is 30.8 Å². The van der Waals surface area contributed by atoms with E-state index in [4.69, 9.17) is 0 Å². The SMILES string of the molecule is CC(c1nccs1)N1CCN(CC2CCNCC2)CC1. The van der Waals surface area contributed by atoms with Crippen molar-refractivity contribution < 1.29 is 0 Å². The highest BCUT2D eigenvalue weighted by molar-refractivity contribution is 7.09. The third kappa shape index (κ3) is 3.58. The predicted octanol–water partition coefficient (Wildman–Crippen LogP) is 1.82. The molecule has 2 saturated heterocycles. The Hall–Kier alpha value is -0.490. The highest BCUT2D eigenvalue weighted by atomic mass is 32.1. The molecule has 1 unspecified atom stereocenters. The molecule has 0 amide bonds. The second kappa shape index (κ2) is 6.98. The van der Waals surface area contributed by atoms with Crippen molar-refractivity contribution in [1.82, 2.24) is 20.1 Å². The van der Waals surface area contributed by atoms with E-state index in [1.807, 2.05) is 6.20 Å². The Balaban J connectivity index is 1.44. The van der Waals surface area contributed by atoms with E-state index in [1.54, 1.807) is 11.3 Å². The lowest BCUT2D eigenvalue weighted by Gasteiger charge is -2.39. The summed E-state index contributed by atoms with van der Waals surface area (Å²) in [5.41, 5.74) is 0. The minimum Gasteiger partial charge on any atom is -0.317 e. The Morgan fingerprint density at radius 3 is 2.70 bits per heavy atom. The number of aromatic nitrogens is 1. The summed E-state index contributed by atoms with van der Waals surface area (Å²) in [4.78, 5) is 9.71. The van der Waals surface area contributed by atoms with Gasteiger partial charge in [-0.05, 0) is 38.8 Å². The summed E-state index contributed by atoms with van der Waals surface area (Å²) in [6.45, 7) is 10.8. The van der Waals surface area contributed by atoms with E-state index < -0.39 is 0 Å². The zero-order valence-corrected chi connectivity index (χ0v) is 13.2. The molecule has 0 saturated carbocycles. The molecule has 2 aliphatic rings. The fourth-order valence-electron chi connectivity index (χ4n) is 3.36. The van der Waals surface area contributed by atoms with Crippen molar-refractivity contribution >= 4 is 11.3 Å². The molecule has 4 nitrogen and oxygen atoms in total. The van der Waals surface area contributed by atoms with Crippen molar-refractivity contribution in [1.29, 1.82) is 0 Å². The zero-order chi connectivity index (χ0) is 13.8. The number of piperazine rings is 1. The van der Waals surface area contributed by atoms with Crippen LogP contribution < -0.4 is 5.32 Å². The summed E-state index contributed by atoms with van der Waals surface area (Å²) < 4.78 is 0. The molecule has 1 aromatic heterocycles. The summed E-state index contributed by atoms with van der Waals surface area (Å²) in [5.74, 6) is 0.916. The largest absolute Gasteiger partial charge is 0.317 e. The molecule has 2 aliphatic heterocycles. The highest BCUT2D eigenvalue weighted by Gasteiger charge is 2.25. The van der Waals surface area contributed by atoms with E-state index in [-0.39, 0.29) is 0 Å². The Labute approximate surface area is 126 Å². The number of piperidine rings is 1. The van der Waals surface area contributed by atoms with Gasteiger partial charge in [-0.25, -0.2) is 4.98 Å². The van der Waals surface area contributed by atoms with Crippen molar-refractivity contribution in [3.8, 4) is 0 Å². The third-order valence-corrected chi connectivity index (χ3v) is 5.68. The van der Waals surface area contributed by atoms with Gasteiger partial charge in [-0.2, -0.15) is 0 Å². The van der Waals surface area contributed by atoms with Crippen molar-refractivity contribution in [2.75, 3.05) is 45.8 Å². The smallest absolute Gasteiger partial charge is 0.109 e. The van der Waals surface area contributed by atoms with E-state index in [2.05, 4.69) is 32.4 Å². The van der Waals surface area contributed by atoms with Crippen LogP contribution in [-0.4, -0.2) is 60.6 Å². The van der Waals surface area contributed by atoms with Crippen molar-refractivity contribution in [2.24, 2.45) is 5.92 Å². The maximum atomic E-state index is 4.46. The number of rotatable bonds is 4. The van der Waals surface area contributed by atoms with Crippen LogP contribution in [-0.2, 0) is 0 Å². The van der Waals surface area contributed by atoms with E-state index in [0.717, 1.165) is 5.92 Å². The van der Waals surface area contributed by atoms with Crippen molar-refractivity contribution in [3.05, 3.63) is 16.6 Å². The van der Waals surface area contributed by atoms with Crippen LogP contribution in [0.25, 0.3) is 0 Å². The van der Waals surface area contributed by atoms with Crippen LogP contribution in [0.5, 0.6) is 0 Å². The summed E-state index contributed by atoms with van der Waals surface area (Å²) in [6.07, 6.45) is 4.63. The first-order valence-corrected chi connectivity index (χ1v) is 8.77. The molecule has 0 spiro atoms. The van der Waals surface area contributed by atoms with Crippen LogP contribution >= 0.6 is 11.3 Å². The van der Waals surface area contributed by atoms with Gasteiger partial charge in [0.15, 0.2) is 0 Å². The molecule has 3 rings (SSSR count). The predicted molar refractivity (Wildman–Crippen MR) is 84.1 cm³/mol. The lowest BCUT2D eigenvalue weighted by Crippen LogP contribution is -2.49. The van der Waals surface area contributed by atoms with Gasteiger partial charge in [0.25, 0.3) is 0 Å². The zero-order valence-electron chi connectivity index (χ0n) is 12.4. The Morgan fingerprint density at radius 1 is 1.30 bits per heavy atom. The first kappa shape index (κ1) is 14.4. The molecule has 1 aromatic rings.